The Bertz CT molecular complexity index is 880. The van der Waals surface area contributed by atoms with E-state index >= 15 is 0 Å². The molecule has 0 aliphatic rings. The van der Waals surface area contributed by atoms with Gasteiger partial charge in [0.1, 0.15) is 11.3 Å². The number of ether oxygens (including phenoxy) is 1. The fourth-order valence-electron chi connectivity index (χ4n) is 2.46. The normalized spacial score (nSPS) is 12.0. The molecule has 8 heteroatoms. The maximum absolute atomic E-state index is 12.0. The van der Waals surface area contributed by atoms with Crippen molar-refractivity contribution in [2.75, 3.05) is 14.2 Å². The van der Waals surface area contributed by atoms with Gasteiger partial charge in [-0.1, -0.05) is 33.3 Å². The molecule has 2 N–H and O–H groups in total. The van der Waals surface area contributed by atoms with Gasteiger partial charge in [-0.15, -0.1) is 5.10 Å². The van der Waals surface area contributed by atoms with Crippen LogP contribution in [0.5, 0.6) is 5.75 Å². The van der Waals surface area contributed by atoms with E-state index in [1.807, 2.05) is 42.5 Å². The van der Waals surface area contributed by atoms with E-state index in [4.69, 9.17) is 4.74 Å². The van der Waals surface area contributed by atoms with Crippen LogP contribution in [0.15, 0.2) is 46.9 Å². The van der Waals surface area contributed by atoms with Crippen molar-refractivity contribution < 1.29 is 9.53 Å². The number of para-hydroxylation sites is 1. The van der Waals surface area contributed by atoms with Gasteiger partial charge in [0, 0.05) is 17.1 Å². The van der Waals surface area contributed by atoms with Gasteiger partial charge in [-0.2, -0.15) is 0 Å². The molecule has 0 spiro atoms. The lowest BCUT2D eigenvalue weighted by atomic mass is 10.1. The summed E-state index contributed by atoms with van der Waals surface area (Å²) in [5, 5.41) is 13.8. The molecule has 0 saturated carbocycles. The number of aromatic nitrogens is 3. The van der Waals surface area contributed by atoms with Gasteiger partial charge in [0.2, 0.25) is 0 Å². The average Bonchev–Trinajstić information content (AvgIpc) is 3.03. The second-order valence-corrected chi connectivity index (χ2v) is 5.95. The zero-order valence-electron chi connectivity index (χ0n) is 13.2. The predicted octanol–water partition coefficient (Wildman–Crippen LogP) is 2.68. The standard InChI is InChI=1S/C16H16BrN5O2/c1-18-16(23)19-15(11-9-10(17)7-8-14(11)24-2)22-13-6-4-3-5-12(13)20-21-22/h3-9,15H,1-2H3,(H2,18,19,23). The van der Waals surface area contributed by atoms with Crippen molar-refractivity contribution in [2.24, 2.45) is 0 Å². The molecular weight excluding hydrogens is 374 g/mol. The number of benzene rings is 2. The molecule has 1 unspecified atom stereocenters. The van der Waals surface area contributed by atoms with Crippen LogP contribution in [0.25, 0.3) is 11.0 Å². The number of carbonyl (C=O) groups excluding carboxylic acids is 1. The number of fused-ring (bicyclic) bond motifs is 1. The van der Waals surface area contributed by atoms with Crippen LogP contribution in [0.1, 0.15) is 11.7 Å². The van der Waals surface area contributed by atoms with E-state index < -0.39 is 6.17 Å². The third-order valence-corrected chi connectivity index (χ3v) is 4.10. The second kappa shape index (κ2) is 6.88. The van der Waals surface area contributed by atoms with E-state index in [-0.39, 0.29) is 6.03 Å². The van der Waals surface area contributed by atoms with Crippen molar-refractivity contribution in [3.63, 3.8) is 0 Å². The highest BCUT2D eigenvalue weighted by Crippen LogP contribution is 2.30. The van der Waals surface area contributed by atoms with Crippen molar-refractivity contribution >= 4 is 33.0 Å². The first-order valence-corrected chi connectivity index (χ1v) is 8.05. The average molecular weight is 390 g/mol. The van der Waals surface area contributed by atoms with E-state index in [0.29, 0.717) is 5.75 Å². The molecule has 0 bridgehead atoms. The number of halogens is 1. The number of hydrogen-bond donors (Lipinski definition) is 2. The number of amides is 2. The van der Waals surface area contributed by atoms with Crippen LogP contribution >= 0.6 is 15.9 Å². The quantitative estimate of drug-likeness (QED) is 0.718. The molecule has 3 rings (SSSR count). The van der Waals surface area contributed by atoms with E-state index in [1.165, 1.54) is 0 Å². The highest BCUT2D eigenvalue weighted by Gasteiger charge is 2.23. The topological polar surface area (TPSA) is 81.1 Å². The highest BCUT2D eigenvalue weighted by molar-refractivity contribution is 9.10. The summed E-state index contributed by atoms with van der Waals surface area (Å²) >= 11 is 3.46. The minimum Gasteiger partial charge on any atom is -0.496 e. The number of rotatable bonds is 4. The van der Waals surface area contributed by atoms with Crippen molar-refractivity contribution in [1.82, 2.24) is 25.6 Å². The van der Waals surface area contributed by atoms with Gasteiger partial charge in [0.25, 0.3) is 0 Å². The molecule has 7 nitrogen and oxygen atoms in total. The zero-order chi connectivity index (χ0) is 17.1. The molecule has 3 aromatic rings. The molecule has 0 saturated heterocycles. The summed E-state index contributed by atoms with van der Waals surface area (Å²) in [4.78, 5) is 12.0. The number of carbonyl (C=O) groups is 1. The summed E-state index contributed by atoms with van der Waals surface area (Å²) in [6, 6.07) is 12.8. The first-order chi connectivity index (χ1) is 11.6. The molecule has 1 heterocycles. The smallest absolute Gasteiger partial charge is 0.316 e. The molecule has 0 radical (unpaired) electrons. The van der Waals surface area contributed by atoms with Crippen molar-refractivity contribution in [2.45, 2.75) is 6.17 Å². The number of nitrogens with one attached hydrogen (secondary N) is 2. The van der Waals surface area contributed by atoms with Crippen LogP contribution < -0.4 is 15.4 Å². The van der Waals surface area contributed by atoms with Crippen LogP contribution in [0.3, 0.4) is 0 Å². The van der Waals surface area contributed by atoms with Gasteiger partial charge in [-0.25, -0.2) is 9.48 Å². The summed E-state index contributed by atoms with van der Waals surface area (Å²) in [5.41, 5.74) is 2.31. The maximum atomic E-state index is 12.0. The largest absolute Gasteiger partial charge is 0.496 e. The first kappa shape index (κ1) is 16.3. The lowest BCUT2D eigenvalue weighted by Gasteiger charge is -2.22. The van der Waals surface area contributed by atoms with Crippen LogP contribution in [0, 0.1) is 0 Å². The van der Waals surface area contributed by atoms with Crippen LogP contribution in [-0.2, 0) is 0 Å². The Morgan fingerprint density at radius 2 is 2.08 bits per heavy atom. The Labute approximate surface area is 147 Å². The molecule has 124 valence electrons. The lowest BCUT2D eigenvalue weighted by molar-refractivity contribution is 0.235. The minimum atomic E-state index is -0.579. The fourth-order valence-corrected chi connectivity index (χ4v) is 2.84. The summed E-state index contributed by atoms with van der Waals surface area (Å²) in [5.74, 6) is 0.638. The third-order valence-electron chi connectivity index (χ3n) is 3.60. The summed E-state index contributed by atoms with van der Waals surface area (Å²) in [6.45, 7) is 0. The van der Waals surface area contributed by atoms with Crippen LogP contribution in [0.2, 0.25) is 0 Å². The number of nitrogens with zero attached hydrogens (tertiary/aromatic N) is 3. The zero-order valence-corrected chi connectivity index (χ0v) is 14.7. The Balaban J connectivity index is 2.17. The lowest BCUT2D eigenvalue weighted by Crippen LogP contribution is -2.39. The molecular formula is C16H16BrN5O2. The van der Waals surface area contributed by atoms with Gasteiger partial charge in [0.15, 0.2) is 6.17 Å². The van der Waals surface area contributed by atoms with E-state index in [2.05, 4.69) is 36.9 Å². The highest BCUT2D eigenvalue weighted by atomic mass is 79.9. The Hall–Kier alpha value is -2.61. The monoisotopic (exact) mass is 389 g/mol. The molecule has 1 aromatic heterocycles. The Morgan fingerprint density at radius 3 is 2.83 bits per heavy atom. The second-order valence-electron chi connectivity index (χ2n) is 5.03. The van der Waals surface area contributed by atoms with Gasteiger partial charge in [0.05, 0.1) is 12.6 Å². The molecule has 2 aromatic carbocycles. The minimum absolute atomic E-state index is 0.332. The van der Waals surface area contributed by atoms with E-state index in [1.54, 1.807) is 18.8 Å². The number of urea groups is 1. The van der Waals surface area contributed by atoms with Gasteiger partial charge in [-0.3, -0.25) is 0 Å². The summed E-state index contributed by atoms with van der Waals surface area (Å²) in [6.07, 6.45) is -0.579. The van der Waals surface area contributed by atoms with Gasteiger partial charge in [-0.05, 0) is 30.3 Å². The van der Waals surface area contributed by atoms with Crippen LogP contribution in [-0.4, -0.2) is 35.2 Å². The first-order valence-electron chi connectivity index (χ1n) is 7.25. The van der Waals surface area contributed by atoms with Crippen LogP contribution in [0.4, 0.5) is 4.79 Å². The molecule has 24 heavy (non-hydrogen) atoms. The van der Waals surface area contributed by atoms with Crippen molar-refractivity contribution in [3.05, 3.63) is 52.5 Å². The van der Waals surface area contributed by atoms with Gasteiger partial charge >= 0.3 is 6.03 Å². The predicted molar refractivity (Wildman–Crippen MR) is 94.0 cm³/mol. The molecule has 0 aliphatic heterocycles. The molecule has 0 fully saturated rings. The third kappa shape index (κ3) is 3.05. The molecule has 2 amide bonds. The maximum Gasteiger partial charge on any atom is 0.316 e. The van der Waals surface area contributed by atoms with E-state index in [9.17, 15) is 4.79 Å². The SMILES string of the molecule is CNC(=O)NC(c1cc(Br)ccc1OC)n1nnc2ccccc21. The van der Waals surface area contributed by atoms with Gasteiger partial charge < -0.3 is 15.4 Å². The molecule has 0 aliphatic carbocycles. The molecule has 1 atom stereocenters. The summed E-state index contributed by atoms with van der Waals surface area (Å²) in [7, 11) is 3.15. The fraction of sp³-hybridized carbons (Fsp3) is 0.188. The summed E-state index contributed by atoms with van der Waals surface area (Å²) < 4.78 is 7.98. The number of hydrogen-bond acceptors (Lipinski definition) is 4. The Morgan fingerprint density at radius 1 is 1.29 bits per heavy atom. The Kier molecular flexibility index (Phi) is 4.66. The number of methoxy groups -OCH3 is 1. The van der Waals surface area contributed by atoms with Crippen molar-refractivity contribution in [3.8, 4) is 5.75 Å². The van der Waals surface area contributed by atoms with E-state index in [0.717, 1.165) is 21.1 Å². The van der Waals surface area contributed by atoms with Crippen molar-refractivity contribution in [1.29, 1.82) is 0 Å².